The van der Waals surface area contributed by atoms with Crippen molar-refractivity contribution in [1.82, 2.24) is 4.90 Å². The van der Waals surface area contributed by atoms with Crippen LogP contribution >= 0.6 is 11.8 Å². The van der Waals surface area contributed by atoms with Crippen LogP contribution in [0.15, 0.2) is 34.7 Å². The Morgan fingerprint density at radius 2 is 1.95 bits per heavy atom. The zero-order valence-corrected chi connectivity index (χ0v) is 14.0. The van der Waals surface area contributed by atoms with Crippen molar-refractivity contribution in [3.8, 4) is 0 Å². The second-order valence-electron chi connectivity index (χ2n) is 6.02. The van der Waals surface area contributed by atoms with Gasteiger partial charge in [-0.2, -0.15) is 8.42 Å². The average molecular weight is 337 g/mol. The van der Waals surface area contributed by atoms with E-state index >= 15 is 0 Å². The third-order valence-corrected chi connectivity index (χ3v) is 6.83. The lowest BCUT2D eigenvalue weighted by Crippen LogP contribution is -2.43. The summed E-state index contributed by atoms with van der Waals surface area (Å²) in [6.07, 6.45) is 3.21. The van der Waals surface area contributed by atoms with E-state index in [1.807, 2.05) is 24.3 Å². The third kappa shape index (κ3) is 2.57. The van der Waals surface area contributed by atoms with E-state index in [1.165, 1.54) is 5.57 Å². The molecule has 0 amide bonds. The summed E-state index contributed by atoms with van der Waals surface area (Å²) >= 11 is 1.79. The zero-order chi connectivity index (χ0) is 15.2. The standard InChI is InChI=1S/C16H19NO3S2/c18-22(19)11-14(17-8-3-4-9-17)12-7-10-21-15-6-2-1-5-13(15)16(12)20-22/h1-2,5-6,14H,3-4,7-11H2. The van der Waals surface area contributed by atoms with Crippen LogP contribution in [0, 0.1) is 0 Å². The van der Waals surface area contributed by atoms with Crippen molar-refractivity contribution in [2.24, 2.45) is 0 Å². The molecule has 0 N–H and O–H groups in total. The number of rotatable bonds is 1. The van der Waals surface area contributed by atoms with Crippen LogP contribution in [0.3, 0.4) is 0 Å². The Labute approximate surface area is 135 Å². The quantitative estimate of drug-likeness (QED) is 0.738. The summed E-state index contributed by atoms with van der Waals surface area (Å²) in [6.45, 7) is 1.98. The van der Waals surface area contributed by atoms with Gasteiger partial charge in [-0.3, -0.25) is 4.90 Å². The molecule has 0 saturated carbocycles. The minimum absolute atomic E-state index is 0.0111. The lowest BCUT2D eigenvalue weighted by atomic mass is 9.99. The average Bonchev–Trinajstić information content (AvgIpc) is 2.96. The summed E-state index contributed by atoms with van der Waals surface area (Å²) in [7, 11) is -3.51. The van der Waals surface area contributed by atoms with Crippen LogP contribution in [0.1, 0.15) is 24.8 Å². The molecular formula is C16H19NO3S2. The first kappa shape index (κ1) is 14.6. The van der Waals surface area contributed by atoms with Gasteiger partial charge in [0.1, 0.15) is 5.75 Å². The fourth-order valence-corrected chi connectivity index (χ4v) is 5.94. The van der Waals surface area contributed by atoms with Gasteiger partial charge in [0.15, 0.2) is 5.76 Å². The maximum Gasteiger partial charge on any atom is 0.311 e. The summed E-state index contributed by atoms with van der Waals surface area (Å²) in [5, 5.41) is 0. The summed E-state index contributed by atoms with van der Waals surface area (Å²) in [4.78, 5) is 3.44. The van der Waals surface area contributed by atoms with E-state index in [0.29, 0.717) is 5.76 Å². The molecule has 0 aromatic heterocycles. The van der Waals surface area contributed by atoms with Gasteiger partial charge in [0.05, 0.1) is 6.04 Å². The number of nitrogens with zero attached hydrogens (tertiary/aromatic N) is 1. The van der Waals surface area contributed by atoms with Crippen molar-refractivity contribution in [3.05, 3.63) is 35.4 Å². The molecule has 4 nitrogen and oxygen atoms in total. The summed E-state index contributed by atoms with van der Waals surface area (Å²) in [5.41, 5.74) is 2.11. The molecule has 1 unspecified atom stereocenters. The largest absolute Gasteiger partial charge is 0.382 e. The van der Waals surface area contributed by atoms with E-state index in [1.54, 1.807) is 11.8 Å². The van der Waals surface area contributed by atoms with Crippen LogP contribution in [0.5, 0.6) is 0 Å². The van der Waals surface area contributed by atoms with Crippen LogP contribution in [-0.2, 0) is 14.3 Å². The van der Waals surface area contributed by atoms with Crippen molar-refractivity contribution < 1.29 is 12.6 Å². The highest BCUT2D eigenvalue weighted by atomic mass is 32.2. The third-order valence-electron chi connectivity index (χ3n) is 4.61. The normalized spacial score (nSPS) is 27.7. The second kappa shape index (κ2) is 5.58. The topological polar surface area (TPSA) is 46.6 Å². The van der Waals surface area contributed by atoms with Gasteiger partial charge in [-0.25, -0.2) is 0 Å². The fourth-order valence-electron chi connectivity index (χ4n) is 3.59. The molecule has 6 heteroatoms. The Kier molecular flexibility index (Phi) is 3.71. The monoisotopic (exact) mass is 337 g/mol. The fraction of sp³-hybridized carbons (Fsp3) is 0.500. The van der Waals surface area contributed by atoms with Crippen molar-refractivity contribution >= 4 is 27.6 Å². The second-order valence-corrected chi connectivity index (χ2v) is 8.77. The van der Waals surface area contributed by atoms with Crippen LogP contribution in [-0.4, -0.2) is 44.0 Å². The Balaban J connectivity index is 1.85. The minimum atomic E-state index is -3.51. The minimum Gasteiger partial charge on any atom is -0.382 e. The zero-order valence-electron chi connectivity index (χ0n) is 12.3. The van der Waals surface area contributed by atoms with Crippen LogP contribution in [0.25, 0.3) is 5.76 Å². The summed E-state index contributed by atoms with van der Waals surface area (Å²) < 4.78 is 30.1. The molecule has 3 heterocycles. The lowest BCUT2D eigenvalue weighted by Gasteiger charge is -2.34. The van der Waals surface area contributed by atoms with Crippen molar-refractivity contribution in [3.63, 3.8) is 0 Å². The maximum absolute atomic E-state index is 12.3. The first-order valence-electron chi connectivity index (χ1n) is 7.75. The number of likely N-dealkylation sites (tertiary alicyclic amines) is 1. The van der Waals surface area contributed by atoms with Gasteiger partial charge < -0.3 is 4.18 Å². The highest BCUT2D eigenvalue weighted by Crippen LogP contribution is 2.42. The van der Waals surface area contributed by atoms with Crippen LogP contribution in [0.2, 0.25) is 0 Å². The van der Waals surface area contributed by atoms with Crippen molar-refractivity contribution in [1.29, 1.82) is 0 Å². The molecule has 118 valence electrons. The number of fused-ring (bicyclic) bond motifs is 2. The predicted octanol–water partition coefficient (Wildman–Crippen LogP) is 2.72. The number of thioether (sulfide) groups is 1. The molecule has 1 fully saturated rings. The number of benzene rings is 1. The molecule has 0 spiro atoms. The van der Waals surface area contributed by atoms with Crippen molar-refractivity contribution in [2.45, 2.75) is 30.2 Å². The SMILES string of the molecule is O=S1(=O)CC(N2CCCC2)C2=C(O1)c1ccccc1SCC2. The molecule has 1 atom stereocenters. The highest BCUT2D eigenvalue weighted by Gasteiger charge is 2.39. The molecule has 1 aromatic rings. The van der Waals surface area contributed by atoms with Gasteiger partial charge in [-0.15, -0.1) is 11.8 Å². The highest BCUT2D eigenvalue weighted by molar-refractivity contribution is 7.99. The van der Waals surface area contributed by atoms with Gasteiger partial charge in [0.2, 0.25) is 0 Å². The Hall–Kier alpha value is -0.980. The van der Waals surface area contributed by atoms with Gasteiger partial charge in [0, 0.05) is 16.2 Å². The first-order chi connectivity index (χ1) is 10.6. The van der Waals surface area contributed by atoms with E-state index in [4.69, 9.17) is 4.18 Å². The molecule has 4 rings (SSSR count). The van der Waals surface area contributed by atoms with Gasteiger partial charge in [-0.1, -0.05) is 18.2 Å². The molecule has 3 aliphatic heterocycles. The molecule has 1 saturated heterocycles. The smallest absolute Gasteiger partial charge is 0.311 e. The lowest BCUT2D eigenvalue weighted by molar-refractivity contribution is 0.273. The van der Waals surface area contributed by atoms with E-state index in [2.05, 4.69) is 4.90 Å². The maximum atomic E-state index is 12.3. The molecule has 0 aliphatic carbocycles. The van der Waals surface area contributed by atoms with Gasteiger partial charge in [-0.05, 0) is 44.0 Å². The molecule has 22 heavy (non-hydrogen) atoms. The van der Waals surface area contributed by atoms with Crippen LogP contribution < -0.4 is 0 Å². The van der Waals surface area contributed by atoms with E-state index in [0.717, 1.165) is 48.6 Å². The van der Waals surface area contributed by atoms with Crippen molar-refractivity contribution in [2.75, 3.05) is 24.6 Å². The van der Waals surface area contributed by atoms with Gasteiger partial charge >= 0.3 is 10.1 Å². The molecular weight excluding hydrogens is 318 g/mol. The van der Waals surface area contributed by atoms with E-state index in [9.17, 15) is 8.42 Å². The number of hydrogen-bond acceptors (Lipinski definition) is 5. The van der Waals surface area contributed by atoms with E-state index in [-0.39, 0.29) is 11.8 Å². The summed E-state index contributed by atoms with van der Waals surface area (Å²) in [6, 6.07) is 7.95. The Morgan fingerprint density at radius 3 is 2.77 bits per heavy atom. The van der Waals surface area contributed by atoms with Crippen LogP contribution in [0.4, 0.5) is 0 Å². The predicted molar refractivity (Wildman–Crippen MR) is 88.2 cm³/mol. The van der Waals surface area contributed by atoms with E-state index < -0.39 is 10.1 Å². The Bertz CT molecular complexity index is 721. The molecule has 3 aliphatic rings. The number of hydrogen-bond donors (Lipinski definition) is 0. The first-order valence-corrected chi connectivity index (χ1v) is 10.3. The molecule has 0 bridgehead atoms. The molecule has 0 radical (unpaired) electrons. The van der Waals surface area contributed by atoms with Gasteiger partial charge in [0.25, 0.3) is 0 Å². The summed E-state index contributed by atoms with van der Waals surface area (Å²) in [5.74, 6) is 1.67. The Morgan fingerprint density at radius 1 is 1.18 bits per heavy atom. The molecule has 1 aromatic carbocycles.